The van der Waals surface area contributed by atoms with Crippen LogP contribution in [0.2, 0.25) is 5.02 Å². The summed E-state index contributed by atoms with van der Waals surface area (Å²) < 4.78 is 0. The first kappa shape index (κ1) is 15.2. The number of hydrogen-bond acceptors (Lipinski definition) is 4. The van der Waals surface area contributed by atoms with Gasteiger partial charge in [-0.25, -0.2) is 4.98 Å². The zero-order valence-electron chi connectivity index (χ0n) is 10.9. The lowest BCUT2D eigenvalue weighted by Crippen LogP contribution is -2.29. The number of anilines is 1. The Balaban J connectivity index is 2.65. The normalized spacial score (nSPS) is 9.84. The zero-order valence-corrected chi connectivity index (χ0v) is 11.7. The second-order valence-electron chi connectivity index (χ2n) is 3.76. The van der Waals surface area contributed by atoms with Gasteiger partial charge in [0.2, 0.25) is 5.91 Å². The van der Waals surface area contributed by atoms with E-state index in [4.69, 9.17) is 11.6 Å². The predicted molar refractivity (Wildman–Crippen MR) is 74.4 cm³/mol. The number of carbonyl (C=O) groups excluding carboxylic acids is 2. The Kier molecular flexibility index (Phi) is 6.08. The van der Waals surface area contributed by atoms with E-state index in [0.29, 0.717) is 17.9 Å². The molecule has 7 heteroatoms. The van der Waals surface area contributed by atoms with E-state index in [1.807, 2.05) is 6.92 Å². The molecule has 0 atom stereocenters. The van der Waals surface area contributed by atoms with Crippen molar-refractivity contribution in [3.8, 4) is 0 Å². The molecule has 0 radical (unpaired) electrons. The maximum absolute atomic E-state index is 11.9. The van der Waals surface area contributed by atoms with Crippen LogP contribution in [0.5, 0.6) is 0 Å². The molecule has 0 bridgehead atoms. The number of aromatic nitrogens is 1. The van der Waals surface area contributed by atoms with Crippen LogP contribution in [0, 0.1) is 0 Å². The number of nitrogens with one attached hydrogen (secondary N) is 3. The SMILES string of the molecule is CCNc1cc(C(=O)NCCC(=O)NC)c(Cl)cn1. The van der Waals surface area contributed by atoms with Crippen molar-refractivity contribution in [1.82, 2.24) is 15.6 Å². The van der Waals surface area contributed by atoms with E-state index < -0.39 is 0 Å². The van der Waals surface area contributed by atoms with Gasteiger partial charge in [-0.15, -0.1) is 0 Å². The molecule has 0 unspecified atom stereocenters. The average molecular weight is 285 g/mol. The first-order chi connectivity index (χ1) is 9.08. The molecule has 1 heterocycles. The van der Waals surface area contributed by atoms with Gasteiger partial charge in [0, 0.05) is 32.8 Å². The van der Waals surface area contributed by atoms with Gasteiger partial charge in [0.25, 0.3) is 5.91 Å². The highest BCUT2D eigenvalue weighted by atomic mass is 35.5. The molecule has 0 spiro atoms. The second-order valence-corrected chi connectivity index (χ2v) is 4.17. The fourth-order valence-electron chi connectivity index (χ4n) is 1.40. The summed E-state index contributed by atoms with van der Waals surface area (Å²) in [6, 6.07) is 1.58. The topological polar surface area (TPSA) is 83.1 Å². The van der Waals surface area contributed by atoms with Crippen molar-refractivity contribution < 1.29 is 9.59 Å². The molecule has 0 saturated heterocycles. The van der Waals surface area contributed by atoms with Crippen molar-refractivity contribution in [2.45, 2.75) is 13.3 Å². The Morgan fingerprint density at radius 3 is 2.79 bits per heavy atom. The van der Waals surface area contributed by atoms with E-state index >= 15 is 0 Å². The fraction of sp³-hybridized carbons (Fsp3) is 0.417. The van der Waals surface area contributed by atoms with Gasteiger partial charge in [0.05, 0.1) is 10.6 Å². The van der Waals surface area contributed by atoms with E-state index in [1.54, 1.807) is 13.1 Å². The highest BCUT2D eigenvalue weighted by Gasteiger charge is 2.12. The molecule has 0 aliphatic rings. The van der Waals surface area contributed by atoms with Crippen molar-refractivity contribution in [2.75, 3.05) is 25.5 Å². The molecule has 0 aromatic carbocycles. The molecule has 1 aromatic heterocycles. The summed E-state index contributed by atoms with van der Waals surface area (Å²) in [5.41, 5.74) is 0.338. The summed E-state index contributed by atoms with van der Waals surface area (Å²) in [5.74, 6) is 0.133. The predicted octanol–water partition coefficient (Wildman–Crippen LogP) is 1.03. The van der Waals surface area contributed by atoms with Gasteiger partial charge in [-0.3, -0.25) is 9.59 Å². The van der Waals surface area contributed by atoms with Crippen LogP contribution in [0.4, 0.5) is 5.82 Å². The van der Waals surface area contributed by atoms with Crippen LogP contribution in [0.3, 0.4) is 0 Å². The molecule has 1 aromatic rings. The molecule has 0 fully saturated rings. The smallest absolute Gasteiger partial charge is 0.253 e. The minimum atomic E-state index is -0.324. The van der Waals surface area contributed by atoms with E-state index in [1.165, 1.54) is 6.20 Å². The van der Waals surface area contributed by atoms with Crippen LogP contribution in [-0.2, 0) is 4.79 Å². The summed E-state index contributed by atoms with van der Waals surface area (Å²) in [7, 11) is 1.55. The van der Waals surface area contributed by atoms with E-state index in [9.17, 15) is 9.59 Å². The summed E-state index contributed by atoms with van der Waals surface area (Å²) >= 11 is 5.93. The Morgan fingerprint density at radius 2 is 2.16 bits per heavy atom. The van der Waals surface area contributed by atoms with Gasteiger partial charge in [-0.1, -0.05) is 11.6 Å². The molecular formula is C12H17ClN4O2. The number of pyridine rings is 1. The maximum Gasteiger partial charge on any atom is 0.253 e. The zero-order chi connectivity index (χ0) is 14.3. The van der Waals surface area contributed by atoms with Gasteiger partial charge in [0.1, 0.15) is 5.82 Å². The average Bonchev–Trinajstić information content (AvgIpc) is 2.40. The quantitative estimate of drug-likeness (QED) is 0.729. The molecule has 2 amide bonds. The van der Waals surface area contributed by atoms with Gasteiger partial charge < -0.3 is 16.0 Å². The number of amides is 2. The van der Waals surface area contributed by atoms with Gasteiger partial charge in [-0.05, 0) is 13.0 Å². The largest absolute Gasteiger partial charge is 0.370 e. The molecular weight excluding hydrogens is 268 g/mol. The first-order valence-electron chi connectivity index (χ1n) is 5.96. The van der Waals surface area contributed by atoms with Gasteiger partial charge in [-0.2, -0.15) is 0 Å². The number of halogens is 1. The summed E-state index contributed by atoms with van der Waals surface area (Å²) in [6.45, 7) is 2.89. The molecule has 3 N–H and O–H groups in total. The molecule has 0 aliphatic heterocycles. The third-order valence-electron chi connectivity index (χ3n) is 2.37. The fourth-order valence-corrected chi connectivity index (χ4v) is 1.59. The molecule has 104 valence electrons. The van der Waals surface area contributed by atoms with Crippen LogP contribution < -0.4 is 16.0 Å². The lowest BCUT2D eigenvalue weighted by atomic mass is 10.2. The second kappa shape index (κ2) is 7.58. The van der Waals surface area contributed by atoms with Crippen LogP contribution in [-0.4, -0.2) is 36.9 Å². The van der Waals surface area contributed by atoms with E-state index in [0.717, 1.165) is 0 Å². The monoisotopic (exact) mass is 284 g/mol. The van der Waals surface area contributed by atoms with Crippen molar-refractivity contribution >= 4 is 29.2 Å². The highest BCUT2D eigenvalue weighted by molar-refractivity contribution is 6.33. The standard InChI is InChI=1S/C12H17ClN4O2/c1-3-15-10-6-8(9(13)7-17-10)12(19)16-5-4-11(18)14-2/h6-7H,3-5H2,1-2H3,(H,14,18)(H,15,17)(H,16,19). The molecule has 0 saturated carbocycles. The van der Waals surface area contributed by atoms with Gasteiger partial charge in [0.15, 0.2) is 0 Å². The van der Waals surface area contributed by atoms with E-state index in [-0.39, 0.29) is 29.8 Å². The van der Waals surface area contributed by atoms with Crippen molar-refractivity contribution in [3.63, 3.8) is 0 Å². The van der Waals surface area contributed by atoms with Crippen LogP contribution in [0.1, 0.15) is 23.7 Å². The van der Waals surface area contributed by atoms with Gasteiger partial charge >= 0.3 is 0 Å². The highest BCUT2D eigenvalue weighted by Crippen LogP contribution is 2.17. The molecule has 19 heavy (non-hydrogen) atoms. The number of rotatable bonds is 6. The van der Waals surface area contributed by atoms with Crippen molar-refractivity contribution in [3.05, 3.63) is 22.8 Å². The lowest BCUT2D eigenvalue weighted by Gasteiger charge is -2.08. The van der Waals surface area contributed by atoms with E-state index in [2.05, 4.69) is 20.9 Å². The molecule has 6 nitrogen and oxygen atoms in total. The Morgan fingerprint density at radius 1 is 1.42 bits per heavy atom. The van der Waals surface area contributed by atoms with Crippen LogP contribution in [0.15, 0.2) is 12.3 Å². The lowest BCUT2D eigenvalue weighted by molar-refractivity contribution is -0.120. The Hall–Kier alpha value is -1.82. The van der Waals surface area contributed by atoms with Crippen LogP contribution >= 0.6 is 11.6 Å². The number of hydrogen-bond donors (Lipinski definition) is 3. The molecule has 1 rings (SSSR count). The minimum Gasteiger partial charge on any atom is -0.370 e. The Labute approximate surface area is 116 Å². The van der Waals surface area contributed by atoms with Crippen molar-refractivity contribution in [2.24, 2.45) is 0 Å². The maximum atomic E-state index is 11.9. The number of nitrogens with zero attached hydrogens (tertiary/aromatic N) is 1. The van der Waals surface area contributed by atoms with Crippen molar-refractivity contribution in [1.29, 1.82) is 0 Å². The third-order valence-corrected chi connectivity index (χ3v) is 2.68. The summed E-state index contributed by atoms with van der Waals surface area (Å²) in [6.07, 6.45) is 1.65. The summed E-state index contributed by atoms with van der Waals surface area (Å²) in [5, 5.41) is 8.39. The third kappa shape index (κ3) is 4.75. The minimum absolute atomic E-state index is 0.130. The molecule has 0 aliphatic carbocycles. The first-order valence-corrected chi connectivity index (χ1v) is 6.34. The van der Waals surface area contributed by atoms with Crippen LogP contribution in [0.25, 0.3) is 0 Å². The summed E-state index contributed by atoms with van der Waals surface area (Å²) in [4.78, 5) is 27.0. The number of carbonyl (C=O) groups is 2. The Bertz CT molecular complexity index is 465.